The van der Waals surface area contributed by atoms with Crippen molar-refractivity contribution in [2.24, 2.45) is 0 Å². The normalized spacial score (nSPS) is 10.6. The van der Waals surface area contributed by atoms with E-state index >= 15 is 0 Å². The molecule has 0 bridgehead atoms. The average Bonchev–Trinajstić information content (AvgIpc) is 3.08. The molecular weight excluding hydrogens is 374 g/mol. The van der Waals surface area contributed by atoms with Gasteiger partial charge in [-0.3, -0.25) is 19.7 Å². The van der Waals surface area contributed by atoms with Crippen LogP contribution in [0.1, 0.15) is 27.0 Å². The Hall–Kier alpha value is -3.61. The van der Waals surface area contributed by atoms with Crippen LogP contribution in [-0.4, -0.2) is 31.5 Å². The molecule has 0 aliphatic heterocycles. The summed E-state index contributed by atoms with van der Waals surface area (Å²) in [6.07, 6.45) is 1.47. The van der Waals surface area contributed by atoms with Crippen molar-refractivity contribution in [1.29, 1.82) is 0 Å². The fraction of sp³-hybridized carbons (Fsp3) is 0.227. The maximum absolute atomic E-state index is 12.2. The Balaban J connectivity index is 1.56. The van der Waals surface area contributed by atoms with Gasteiger partial charge in [0, 0.05) is 10.9 Å². The highest BCUT2D eigenvalue weighted by atomic mass is 16.5. The topological polar surface area (TPSA) is 94.8 Å². The second kappa shape index (κ2) is 8.60. The van der Waals surface area contributed by atoms with Gasteiger partial charge in [-0.15, -0.1) is 0 Å². The van der Waals surface area contributed by atoms with Gasteiger partial charge in [0.1, 0.15) is 11.3 Å². The number of aryl methyl sites for hydroxylation is 2. The number of hydrogen-bond acceptors (Lipinski definition) is 6. The van der Waals surface area contributed by atoms with Gasteiger partial charge in [0.05, 0.1) is 25.4 Å². The molecule has 3 aromatic rings. The first kappa shape index (κ1) is 20.1. The number of carbonyl (C=O) groups excluding carboxylic acids is 3. The van der Waals surface area contributed by atoms with Gasteiger partial charge in [-0.05, 0) is 49.2 Å². The molecule has 0 atom stereocenters. The third kappa shape index (κ3) is 4.63. The Labute approximate surface area is 167 Å². The number of amides is 2. The van der Waals surface area contributed by atoms with Crippen molar-refractivity contribution in [3.63, 3.8) is 0 Å². The second-order valence-corrected chi connectivity index (χ2v) is 6.61. The zero-order valence-corrected chi connectivity index (χ0v) is 16.4. The van der Waals surface area contributed by atoms with Crippen molar-refractivity contribution in [3.05, 3.63) is 64.9 Å². The number of ether oxygens (including phenoxy) is 2. The van der Waals surface area contributed by atoms with E-state index in [1.54, 1.807) is 18.2 Å². The fourth-order valence-electron chi connectivity index (χ4n) is 2.89. The monoisotopic (exact) mass is 395 g/mol. The van der Waals surface area contributed by atoms with Crippen LogP contribution in [0.25, 0.3) is 11.0 Å². The van der Waals surface area contributed by atoms with Crippen LogP contribution >= 0.6 is 0 Å². The molecule has 1 aromatic heterocycles. The zero-order chi connectivity index (χ0) is 21.0. The molecule has 150 valence electrons. The lowest BCUT2D eigenvalue weighted by Crippen LogP contribution is -2.34. The van der Waals surface area contributed by atoms with Gasteiger partial charge in [0.2, 0.25) is 0 Å². The van der Waals surface area contributed by atoms with Crippen LogP contribution in [0.5, 0.6) is 5.75 Å². The summed E-state index contributed by atoms with van der Waals surface area (Å²) in [5.74, 6) is -1.61. The highest BCUT2D eigenvalue weighted by molar-refractivity contribution is 6.06. The smallest absolute Gasteiger partial charge is 0.310 e. The number of imide groups is 1. The van der Waals surface area contributed by atoms with Crippen molar-refractivity contribution in [3.8, 4) is 5.75 Å². The SMILES string of the molecule is COc1ccccc1C(=O)NC(=O)COC(=O)Cc1coc2cc(C)c(C)cc12. The Morgan fingerprint density at radius 1 is 1.07 bits per heavy atom. The number of methoxy groups -OCH3 is 1. The molecule has 7 heteroatoms. The van der Waals surface area contributed by atoms with Gasteiger partial charge < -0.3 is 13.9 Å². The van der Waals surface area contributed by atoms with E-state index in [1.807, 2.05) is 26.0 Å². The van der Waals surface area contributed by atoms with Crippen LogP contribution in [0.15, 0.2) is 47.1 Å². The molecule has 0 aliphatic rings. The first-order valence-corrected chi connectivity index (χ1v) is 8.99. The molecule has 0 fully saturated rings. The summed E-state index contributed by atoms with van der Waals surface area (Å²) in [5, 5.41) is 3.01. The largest absolute Gasteiger partial charge is 0.496 e. The van der Waals surface area contributed by atoms with E-state index in [0.29, 0.717) is 16.9 Å². The number of hydrogen-bond donors (Lipinski definition) is 1. The van der Waals surface area contributed by atoms with Gasteiger partial charge in [-0.1, -0.05) is 12.1 Å². The molecule has 1 N–H and O–H groups in total. The molecule has 29 heavy (non-hydrogen) atoms. The second-order valence-electron chi connectivity index (χ2n) is 6.61. The molecule has 0 aliphatic carbocycles. The molecule has 0 radical (unpaired) electrons. The summed E-state index contributed by atoms with van der Waals surface area (Å²) in [7, 11) is 1.43. The van der Waals surface area contributed by atoms with E-state index in [1.165, 1.54) is 19.4 Å². The molecule has 2 aromatic carbocycles. The van der Waals surface area contributed by atoms with E-state index in [-0.39, 0.29) is 12.0 Å². The number of esters is 1. The number of nitrogens with one attached hydrogen (secondary N) is 1. The van der Waals surface area contributed by atoms with Crippen molar-refractivity contribution in [2.75, 3.05) is 13.7 Å². The Kier molecular flexibility index (Phi) is 5.97. The summed E-state index contributed by atoms with van der Waals surface area (Å²) in [4.78, 5) is 36.3. The highest BCUT2D eigenvalue weighted by Crippen LogP contribution is 2.25. The van der Waals surface area contributed by atoms with E-state index in [2.05, 4.69) is 5.32 Å². The lowest BCUT2D eigenvalue weighted by atomic mass is 10.0. The molecule has 7 nitrogen and oxygen atoms in total. The van der Waals surface area contributed by atoms with E-state index in [9.17, 15) is 14.4 Å². The van der Waals surface area contributed by atoms with E-state index in [0.717, 1.165) is 16.5 Å². The van der Waals surface area contributed by atoms with E-state index in [4.69, 9.17) is 13.9 Å². The minimum absolute atomic E-state index is 0.0385. The van der Waals surface area contributed by atoms with Gasteiger partial charge >= 0.3 is 5.97 Å². The van der Waals surface area contributed by atoms with Crippen molar-refractivity contribution < 1.29 is 28.3 Å². The van der Waals surface area contributed by atoms with Crippen LogP contribution in [0.4, 0.5) is 0 Å². The van der Waals surface area contributed by atoms with Crippen molar-refractivity contribution in [2.45, 2.75) is 20.3 Å². The lowest BCUT2D eigenvalue weighted by molar-refractivity contribution is -0.147. The lowest BCUT2D eigenvalue weighted by Gasteiger charge is -2.08. The van der Waals surface area contributed by atoms with Crippen LogP contribution < -0.4 is 10.1 Å². The summed E-state index contributed by atoms with van der Waals surface area (Å²) < 4.78 is 15.6. The fourth-order valence-corrected chi connectivity index (χ4v) is 2.89. The van der Waals surface area contributed by atoms with Gasteiger partial charge in [0.25, 0.3) is 11.8 Å². The average molecular weight is 395 g/mol. The van der Waals surface area contributed by atoms with Crippen LogP contribution in [0.2, 0.25) is 0 Å². The number of fused-ring (bicyclic) bond motifs is 1. The van der Waals surface area contributed by atoms with Gasteiger partial charge in [0.15, 0.2) is 6.61 Å². The minimum atomic E-state index is -0.724. The maximum Gasteiger partial charge on any atom is 0.310 e. The first-order chi connectivity index (χ1) is 13.9. The van der Waals surface area contributed by atoms with Crippen LogP contribution in [0.3, 0.4) is 0 Å². The number of carbonyl (C=O) groups is 3. The highest BCUT2D eigenvalue weighted by Gasteiger charge is 2.17. The third-order valence-corrected chi connectivity index (χ3v) is 4.57. The van der Waals surface area contributed by atoms with Crippen LogP contribution in [0, 0.1) is 13.8 Å². The molecule has 0 saturated heterocycles. The number of rotatable bonds is 6. The van der Waals surface area contributed by atoms with Gasteiger partial charge in [-0.25, -0.2) is 0 Å². The minimum Gasteiger partial charge on any atom is -0.496 e. The van der Waals surface area contributed by atoms with Crippen LogP contribution in [-0.2, 0) is 20.7 Å². The summed E-state index contributed by atoms with van der Waals surface area (Å²) in [6, 6.07) is 10.4. The molecule has 1 heterocycles. The third-order valence-electron chi connectivity index (χ3n) is 4.57. The predicted octanol–water partition coefficient (Wildman–Crippen LogP) is 3.10. The number of benzene rings is 2. The number of furan rings is 1. The summed E-state index contributed by atoms with van der Waals surface area (Å²) in [6.45, 7) is 3.40. The standard InChI is InChI=1S/C22H21NO6/c1-13-8-17-15(11-28-19(17)9-14(13)2)10-21(25)29-12-20(24)23-22(26)16-6-4-5-7-18(16)27-3/h4-9,11H,10,12H2,1-3H3,(H,23,24,26). The zero-order valence-electron chi connectivity index (χ0n) is 16.4. The predicted molar refractivity (Wildman–Crippen MR) is 106 cm³/mol. The molecular formula is C22H21NO6. The summed E-state index contributed by atoms with van der Waals surface area (Å²) in [5.41, 5.74) is 3.76. The van der Waals surface area contributed by atoms with Crippen molar-refractivity contribution in [1.82, 2.24) is 5.32 Å². The molecule has 0 spiro atoms. The number of para-hydroxylation sites is 1. The first-order valence-electron chi connectivity index (χ1n) is 8.99. The Morgan fingerprint density at radius 2 is 1.79 bits per heavy atom. The summed E-state index contributed by atoms with van der Waals surface area (Å²) >= 11 is 0. The molecule has 2 amide bonds. The van der Waals surface area contributed by atoms with Gasteiger partial charge in [-0.2, -0.15) is 0 Å². The van der Waals surface area contributed by atoms with Crippen molar-refractivity contribution >= 4 is 28.8 Å². The molecule has 3 rings (SSSR count). The Morgan fingerprint density at radius 3 is 2.55 bits per heavy atom. The maximum atomic E-state index is 12.2. The molecule has 0 unspecified atom stereocenters. The Bertz CT molecular complexity index is 1080. The quantitative estimate of drug-likeness (QED) is 0.645. The molecule has 0 saturated carbocycles. The van der Waals surface area contributed by atoms with E-state index < -0.39 is 24.4 Å².